The van der Waals surface area contributed by atoms with Gasteiger partial charge in [0.05, 0.1) is 11.9 Å². The van der Waals surface area contributed by atoms with Crippen LogP contribution in [0.2, 0.25) is 0 Å². The van der Waals surface area contributed by atoms with E-state index in [1.54, 1.807) is 0 Å². The van der Waals surface area contributed by atoms with Crippen LogP contribution in [0.15, 0.2) is 0 Å². The van der Waals surface area contributed by atoms with E-state index in [2.05, 4.69) is 4.72 Å². The maximum Gasteiger partial charge on any atom is 0.212 e. The van der Waals surface area contributed by atoms with Crippen LogP contribution in [0.4, 0.5) is 0 Å². The van der Waals surface area contributed by atoms with E-state index in [9.17, 15) is 13.5 Å². The van der Waals surface area contributed by atoms with E-state index in [1.165, 1.54) is 0 Å². The van der Waals surface area contributed by atoms with E-state index in [0.29, 0.717) is 6.42 Å². The van der Waals surface area contributed by atoms with Gasteiger partial charge in [0.15, 0.2) is 0 Å². The lowest BCUT2D eigenvalue weighted by molar-refractivity contribution is 0.101. The summed E-state index contributed by atoms with van der Waals surface area (Å²) in [5, 5.41) is 9.75. The molecule has 102 valence electrons. The molecule has 0 saturated heterocycles. The van der Waals surface area contributed by atoms with E-state index in [-0.39, 0.29) is 17.7 Å². The molecule has 1 fully saturated rings. The fourth-order valence-electron chi connectivity index (χ4n) is 2.36. The molecule has 0 heterocycles. The third kappa shape index (κ3) is 4.94. The van der Waals surface area contributed by atoms with Gasteiger partial charge in [-0.2, -0.15) is 0 Å². The van der Waals surface area contributed by atoms with E-state index in [1.807, 2.05) is 13.8 Å². The van der Waals surface area contributed by atoms with Crippen LogP contribution in [0, 0.1) is 5.92 Å². The van der Waals surface area contributed by atoms with Crippen LogP contribution in [-0.2, 0) is 10.0 Å². The molecule has 5 heteroatoms. The first kappa shape index (κ1) is 14.9. The minimum Gasteiger partial charge on any atom is -0.391 e. The highest BCUT2D eigenvalue weighted by Gasteiger charge is 2.28. The Labute approximate surface area is 105 Å². The van der Waals surface area contributed by atoms with Gasteiger partial charge in [0.25, 0.3) is 0 Å². The van der Waals surface area contributed by atoms with Crippen LogP contribution < -0.4 is 4.72 Å². The fraction of sp³-hybridized carbons (Fsp3) is 1.00. The average Bonchev–Trinajstić information content (AvgIpc) is 2.29. The fourth-order valence-corrected chi connectivity index (χ4v) is 4.29. The van der Waals surface area contributed by atoms with Crippen LogP contribution in [0.5, 0.6) is 0 Å². The molecule has 0 bridgehead atoms. The van der Waals surface area contributed by atoms with Crippen molar-refractivity contribution in [3.8, 4) is 0 Å². The second-order valence-corrected chi connectivity index (χ2v) is 6.84. The van der Waals surface area contributed by atoms with Gasteiger partial charge < -0.3 is 5.11 Å². The summed E-state index contributed by atoms with van der Waals surface area (Å²) in [6, 6.07) is -0.275. The number of hydrogen-bond donors (Lipinski definition) is 2. The summed E-state index contributed by atoms with van der Waals surface area (Å²) in [7, 11) is -3.25. The Bertz CT molecular complexity index is 312. The van der Waals surface area contributed by atoms with Gasteiger partial charge in [0.2, 0.25) is 10.0 Å². The molecule has 1 aliphatic rings. The lowest BCUT2D eigenvalue weighted by Crippen LogP contribution is -2.46. The number of sulfonamides is 1. The molecule has 17 heavy (non-hydrogen) atoms. The molecule has 0 radical (unpaired) electrons. The minimum atomic E-state index is -3.25. The number of aliphatic hydroxyl groups is 1. The van der Waals surface area contributed by atoms with E-state index >= 15 is 0 Å². The largest absolute Gasteiger partial charge is 0.391 e. The SMILES string of the molecule is CCC(CC)CS(=O)(=O)NC1CCCCC1O. The van der Waals surface area contributed by atoms with Crippen LogP contribution in [0.3, 0.4) is 0 Å². The zero-order valence-electron chi connectivity index (χ0n) is 10.9. The van der Waals surface area contributed by atoms with Crippen molar-refractivity contribution in [3.05, 3.63) is 0 Å². The van der Waals surface area contributed by atoms with Crippen molar-refractivity contribution in [1.82, 2.24) is 4.72 Å². The van der Waals surface area contributed by atoms with Gasteiger partial charge in [0.1, 0.15) is 0 Å². The van der Waals surface area contributed by atoms with Gasteiger partial charge in [-0.1, -0.05) is 39.5 Å². The average molecular weight is 263 g/mol. The van der Waals surface area contributed by atoms with Gasteiger partial charge in [-0.3, -0.25) is 0 Å². The Morgan fingerprint density at radius 3 is 2.35 bits per heavy atom. The molecule has 1 aliphatic carbocycles. The molecule has 0 spiro atoms. The summed E-state index contributed by atoms with van der Waals surface area (Å²) in [6.45, 7) is 4.03. The number of aliphatic hydroxyl groups excluding tert-OH is 1. The zero-order valence-corrected chi connectivity index (χ0v) is 11.7. The highest BCUT2D eigenvalue weighted by Crippen LogP contribution is 2.20. The maximum absolute atomic E-state index is 12.0. The molecule has 1 saturated carbocycles. The smallest absolute Gasteiger partial charge is 0.212 e. The van der Waals surface area contributed by atoms with Crippen molar-refractivity contribution < 1.29 is 13.5 Å². The van der Waals surface area contributed by atoms with E-state index < -0.39 is 16.1 Å². The highest BCUT2D eigenvalue weighted by molar-refractivity contribution is 7.89. The molecule has 4 nitrogen and oxygen atoms in total. The van der Waals surface area contributed by atoms with E-state index in [4.69, 9.17) is 0 Å². The molecule has 0 aromatic rings. The summed E-state index contributed by atoms with van der Waals surface area (Å²) in [5.41, 5.74) is 0. The number of hydrogen-bond acceptors (Lipinski definition) is 3. The maximum atomic E-state index is 12.0. The number of nitrogens with one attached hydrogen (secondary N) is 1. The van der Waals surface area contributed by atoms with Gasteiger partial charge >= 0.3 is 0 Å². The standard InChI is InChI=1S/C12H25NO3S/c1-3-10(4-2)9-17(15,16)13-11-7-5-6-8-12(11)14/h10-14H,3-9H2,1-2H3. The highest BCUT2D eigenvalue weighted by atomic mass is 32.2. The molecule has 2 unspecified atom stereocenters. The molecular formula is C12H25NO3S. The Morgan fingerprint density at radius 2 is 1.82 bits per heavy atom. The third-order valence-electron chi connectivity index (χ3n) is 3.67. The Balaban J connectivity index is 2.53. The second-order valence-electron chi connectivity index (χ2n) is 5.04. The summed E-state index contributed by atoms with van der Waals surface area (Å²) in [5.74, 6) is 0.400. The van der Waals surface area contributed by atoms with Gasteiger partial charge in [0, 0.05) is 6.04 Å². The molecule has 0 amide bonds. The first-order valence-electron chi connectivity index (χ1n) is 6.66. The predicted molar refractivity (Wildman–Crippen MR) is 69.3 cm³/mol. The quantitative estimate of drug-likeness (QED) is 0.765. The van der Waals surface area contributed by atoms with Crippen LogP contribution in [0.1, 0.15) is 52.4 Å². The normalized spacial score (nSPS) is 26.4. The van der Waals surface area contributed by atoms with E-state index in [0.717, 1.165) is 32.1 Å². The van der Waals surface area contributed by atoms with Crippen molar-refractivity contribution in [2.45, 2.75) is 64.5 Å². The Morgan fingerprint density at radius 1 is 1.24 bits per heavy atom. The summed E-state index contributed by atoms with van der Waals surface area (Å²) >= 11 is 0. The van der Waals surface area contributed by atoms with Gasteiger partial charge in [-0.05, 0) is 18.8 Å². The van der Waals surface area contributed by atoms with Crippen molar-refractivity contribution in [2.75, 3.05) is 5.75 Å². The van der Waals surface area contributed by atoms with Crippen molar-refractivity contribution in [2.24, 2.45) is 5.92 Å². The number of rotatable bonds is 6. The molecule has 0 aromatic heterocycles. The second kappa shape index (κ2) is 6.71. The molecule has 0 aromatic carbocycles. The monoisotopic (exact) mass is 263 g/mol. The van der Waals surface area contributed by atoms with Crippen LogP contribution >= 0.6 is 0 Å². The summed E-state index contributed by atoms with van der Waals surface area (Å²) in [4.78, 5) is 0. The van der Waals surface area contributed by atoms with Crippen molar-refractivity contribution in [3.63, 3.8) is 0 Å². The molecule has 0 aliphatic heterocycles. The van der Waals surface area contributed by atoms with Crippen LogP contribution in [0.25, 0.3) is 0 Å². The Kier molecular flexibility index (Phi) is 5.89. The lowest BCUT2D eigenvalue weighted by Gasteiger charge is -2.28. The first-order chi connectivity index (χ1) is 7.98. The molecule has 2 N–H and O–H groups in total. The van der Waals surface area contributed by atoms with Gasteiger partial charge in [-0.25, -0.2) is 13.1 Å². The molecular weight excluding hydrogens is 238 g/mol. The summed E-state index contributed by atoms with van der Waals surface area (Å²) in [6.07, 6.45) is 4.69. The van der Waals surface area contributed by atoms with Crippen molar-refractivity contribution >= 4 is 10.0 Å². The Hall–Kier alpha value is -0.130. The lowest BCUT2D eigenvalue weighted by atomic mass is 9.93. The van der Waals surface area contributed by atoms with Crippen molar-refractivity contribution in [1.29, 1.82) is 0 Å². The topological polar surface area (TPSA) is 66.4 Å². The summed E-state index contributed by atoms with van der Waals surface area (Å²) < 4.78 is 26.6. The minimum absolute atomic E-state index is 0.184. The van der Waals surface area contributed by atoms with Gasteiger partial charge in [-0.15, -0.1) is 0 Å². The van der Waals surface area contributed by atoms with Crippen LogP contribution in [-0.4, -0.2) is 31.4 Å². The molecule has 1 rings (SSSR count). The predicted octanol–water partition coefficient (Wildman–Crippen LogP) is 1.65. The first-order valence-corrected chi connectivity index (χ1v) is 8.31. The third-order valence-corrected chi connectivity index (χ3v) is 5.24. The zero-order chi connectivity index (χ0) is 12.9. The molecule has 2 atom stereocenters.